The SMILES string of the molecule is O.O=P([O-])([O-])OP(=O)([O-])[O-].[Co+4]. The summed E-state index contributed by atoms with van der Waals surface area (Å²) in [5.74, 6) is 0. The van der Waals surface area contributed by atoms with Crippen LogP contribution in [0.1, 0.15) is 0 Å². The van der Waals surface area contributed by atoms with Gasteiger partial charge in [-0.25, -0.2) is 0 Å². The molecule has 0 heterocycles. The van der Waals surface area contributed by atoms with Crippen LogP contribution in [0.4, 0.5) is 0 Å². The zero-order valence-corrected chi connectivity index (χ0v) is 7.42. The quantitative estimate of drug-likeness (QED) is 0.448. The summed E-state index contributed by atoms with van der Waals surface area (Å²) in [6.07, 6.45) is 0. The molecule has 0 bridgehead atoms. The van der Waals surface area contributed by atoms with E-state index in [9.17, 15) is 28.7 Å². The third kappa shape index (κ3) is 18.1. The van der Waals surface area contributed by atoms with Crippen LogP contribution in [0.5, 0.6) is 0 Å². The molecule has 69 valence electrons. The Labute approximate surface area is 71.6 Å². The summed E-state index contributed by atoms with van der Waals surface area (Å²) in [5.41, 5.74) is 0. The van der Waals surface area contributed by atoms with Gasteiger partial charge in [0.1, 0.15) is 0 Å². The van der Waals surface area contributed by atoms with E-state index in [0.29, 0.717) is 0 Å². The van der Waals surface area contributed by atoms with Crippen LogP contribution in [-0.2, 0) is 30.2 Å². The van der Waals surface area contributed by atoms with Gasteiger partial charge in [-0.2, -0.15) is 0 Å². The van der Waals surface area contributed by atoms with Crippen LogP contribution in [0.3, 0.4) is 0 Å². The molecule has 0 amide bonds. The van der Waals surface area contributed by atoms with E-state index in [0.717, 1.165) is 0 Å². The van der Waals surface area contributed by atoms with Crippen molar-refractivity contribution in [2.75, 3.05) is 0 Å². The van der Waals surface area contributed by atoms with Crippen LogP contribution in [-0.4, -0.2) is 5.48 Å². The molecule has 2 N–H and O–H groups in total. The van der Waals surface area contributed by atoms with Gasteiger partial charge in [-0.1, -0.05) is 0 Å². The van der Waals surface area contributed by atoms with Crippen LogP contribution in [0, 0.1) is 0 Å². The Balaban J connectivity index is -0.000000320. The zero-order chi connectivity index (χ0) is 7.71. The van der Waals surface area contributed by atoms with E-state index in [2.05, 4.69) is 4.31 Å². The average Bonchev–Trinajstić information content (AvgIpc) is 1.14. The monoisotopic (exact) mass is 251 g/mol. The number of rotatable bonds is 2. The number of hydrogen-bond donors (Lipinski definition) is 0. The van der Waals surface area contributed by atoms with Crippen molar-refractivity contribution in [1.82, 2.24) is 0 Å². The summed E-state index contributed by atoms with van der Waals surface area (Å²) < 4.78 is 21.2. The van der Waals surface area contributed by atoms with Gasteiger partial charge in [-0.05, 0) is 0 Å². The summed E-state index contributed by atoms with van der Waals surface area (Å²) in [5, 5.41) is 0. The fourth-order valence-electron chi connectivity index (χ4n) is 0.122. The Bertz CT molecular complexity index is 153. The fraction of sp³-hybridized carbons (Fsp3) is 0. The number of hydrogen-bond acceptors (Lipinski definition) is 7. The van der Waals surface area contributed by atoms with Gasteiger partial charge in [0.15, 0.2) is 0 Å². The Morgan fingerprint density at radius 1 is 0.909 bits per heavy atom. The Morgan fingerprint density at radius 2 is 1.09 bits per heavy atom. The molecule has 0 aliphatic heterocycles. The molecule has 0 aromatic rings. The minimum Gasteiger partial charge on any atom is -0.790 e. The van der Waals surface area contributed by atoms with Gasteiger partial charge in [0.2, 0.25) is 0 Å². The molecule has 0 unspecified atom stereocenters. The van der Waals surface area contributed by atoms with Gasteiger partial charge in [0.05, 0.1) is 15.6 Å². The van der Waals surface area contributed by atoms with Crippen molar-refractivity contribution in [3.05, 3.63) is 0 Å². The van der Waals surface area contributed by atoms with E-state index in [1.54, 1.807) is 0 Å². The predicted octanol–water partition coefficient (Wildman–Crippen LogP) is -4.17. The van der Waals surface area contributed by atoms with Crippen LogP contribution in [0.25, 0.3) is 0 Å². The van der Waals surface area contributed by atoms with Gasteiger partial charge < -0.3 is 38.5 Å². The minimum atomic E-state index is -5.68. The van der Waals surface area contributed by atoms with Gasteiger partial charge in [0.25, 0.3) is 0 Å². The predicted molar refractivity (Wildman–Crippen MR) is 19.9 cm³/mol. The van der Waals surface area contributed by atoms with Crippen molar-refractivity contribution in [3.63, 3.8) is 0 Å². The molecule has 0 aromatic carbocycles. The van der Waals surface area contributed by atoms with E-state index in [1.807, 2.05) is 0 Å². The normalized spacial score (nSPS) is 11.3. The largest absolute Gasteiger partial charge is 4.00 e. The minimum absolute atomic E-state index is 0. The van der Waals surface area contributed by atoms with Gasteiger partial charge in [-0.15, -0.1) is 0 Å². The molecule has 0 atom stereocenters. The van der Waals surface area contributed by atoms with Crippen molar-refractivity contribution in [2.24, 2.45) is 0 Å². The first-order chi connectivity index (χ1) is 3.71. The maximum Gasteiger partial charge on any atom is 4.00 e. The third-order valence-electron chi connectivity index (χ3n) is 0.200. The summed E-state index contributed by atoms with van der Waals surface area (Å²) in [6, 6.07) is 0. The Morgan fingerprint density at radius 3 is 1.09 bits per heavy atom. The second-order valence-corrected chi connectivity index (χ2v) is 3.42. The summed E-state index contributed by atoms with van der Waals surface area (Å²) in [4.78, 5) is 37.3. The molecule has 8 nitrogen and oxygen atoms in total. The zero-order valence-electron chi connectivity index (χ0n) is 4.59. The van der Waals surface area contributed by atoms with E-state index >= 15 is 0 Å². The standard InChI is InChI=1S/Co.H4O7P2.H2O/c;1-8(2,3)7-9(4,5)6;/h;(H2,1,2,3)(H2,4,5,6);1H2/q+4;;/p-4. The molecule has 11 heteroatoms. The Kier molecular flexibility index (Phi) is 8.67. The molecule has 0 spiro atoms. The van der Waals surface area contributed by atoms with Crippen molar-refractivity contribution in [3.8, 4) is 0 Å². The van der Waals surface area contributed by atoms with Gasteiger partial charge in [0, 0.05) is 0 Å². The van der Waals surface area contributed by atoms with Crippen molar-refractivity contribution >= 4 is 15.6 Å². The molecule has 0 saturated heterocycles. The molecular weight excluding hydrogens is 249 g/mol. The molecule has 11 heavy (non-hydrogen) atoms. The molecule has 0 aliphatic rings. The van der Waals surface area contributed by atoms with Crippen LogP contribution in [0.15, 0.2) is 0 Å². The molecule has 0 fully saturated rings. The molecule has 0 aromatic heterocycles. The molecule has 1 radical (unpaired) electrons. The molecule has 0 aliphatic carbocycles. The summed E-state index contributed by atoms with van der Waals surface area (Å²) >= 11 is 0. The first kappa shape index (κ1) is 17.7. The van der Waals surface area contributed by atoms with Crippen molar-refractivity contribution in [2.45, 2.75) is 0 Å². The first-order valence-electron chi connectivity index (χ1n) is 1.46. The van der Waals surface area contributed by atoms with Crippen LogP contribution in [0.2, 0.25) is 0 Å². The maximum atomic E-state index is 9.32. The van der Waals surface area contributed by atoms with E-state index in [1.165, 1.54) is 0 Å². The van der Waals surface area contributed by atoms with E-state index in [-0.39, 0.29) is 22.3 Å². The first-order valence-corrected chi connectivity index (χ1v) is 4.38. The topological polar surface area (TPSA) is 167 Å². The third-order valence-corrected chi connectivity index (χ3v) is 1.80. The fourth-order valence-corrected chi connectivity index (χ4v) is 1.10. The second-order valence-electron chi connectivity index (χ2n) is 0.976. The van der Waals surface area contributed by atoms with Crippen molar-refractivity contribution in [1.29, 1.82) is 0 Å². The smallest absolute Gasteiger partial charge is 0.790 e. The molecular formula is H2CoO8P2. The number of phosphoric acid groups is 2. The van der Waals surface area contributed by atoms with E-state index in [4.69, 9.17) is 0 Å². The average molecular weight is 251 g/mol. The maximum absolute atomic E-state index is 9.32. The molecule has 0 saturated carbocycles. The van der Waals surface area contributed by atoms with Gasteiger partial charge >= 0.3 is 16.8 Å². The Hall–Kier alpha value is 0.726. The van der Waals surface area contributed by atoms with Crippen LogP contribution >= 0.6 is 15.6 Å². The van der Waals surface area contributed by atoms with Crippen molar-refractivity contribution < 1.29 is 55.3 Å². The van der Waals surface area contributed by atoms with Crippen LogP contribution < -0.4 is 19.6 Å². The summed E-state index contributed by atoms with van der Waals surface area (Å²) in [6.45, 7) is 0. The van der Waals surface area contributed by atoms with E-state index < -0.39 is 15.6 Å². The second kappa shape index (κ2) is 5.39. The molecule has 0 rings (SSSR count). The van der Waals surface area contributed by atoms with Gasteiger partial charge in [-0.3, -0.25) is 0 Å². The summed E-state index contributed by atoms with van der Waals surface area (Å²) in [7, 11) is -11.4.